The molecule has 0 saturated carbocycles. The Balaban J connectivity index is 1.55. The number of hydrogen-bond acceptors (Lipinski definition) is 11. The highest BCUT2D eigenvalue weighted by Crippen LogP contribution is 2.32. The molecule has 1 aromatic carbocycles. The van der Waals surface area contributed by atoms with Crippen LogP contribution in [0.1, 0.15) is 5.56 Å². The summed E-state index contributed by atoms with van der Waals surface area (Å²) < 4.78 is 27.4. The van der Waals surface area contributed by atoms with Gasteiger partial charge in [-0.25, -0.2) is 4.79 Å². The summed E-state index contributed by atoms with van der Waals surface area (Å²) in [4.78, 5) is 11.8. The summed E-state index contributed by atoms with van der Waals surface area (Å²) in [7, 11) is 0. The maximum atomic E-state index is 11.8. The van der Waals surface area contributed by atoms with Crippen LogP contribution < -0.4 is 10.4 Å². The smallest absolute Gasteiger partial charge is 0.339 e. The number of fused-ring (bicyclic) bond motifs is 1. The van der Waals surface area contributed by atoms with E-state index in [1.807, 2.05) is 0 Å². The fourth-order valence-electron chi connectivity index (χ4n) is 3.63. The zero-order valence-electron chi connectivity index (χ0n) is 16.5. The van der Waals surface area contributed by atoms with Crippen LogP contribution in [-0.2, 0) is 14.2 Å². The standard InChI is InChI=1S/C20H24O11/c1-8-4-9-2-3-10(5-11(9)28-18(8)26)27-20-17(15(24)13(7-22)30-20)31-19-16(25)14(23)12(6-21)29-19/h2-5,12-17,19-25H,6-7H2,1H3/t12-,13-,14+,15+,16-,17-,19+,20-/m1/s1. The molecule has 0 aliphatic carbocycles. The van der Waals surface area contributed by atoms with Gasteiger partial charge in [-0.05, 0) is 25.1 Å². The van der Waals surface area contributed by atoms with Crippen molar-refractivity contribution in [2.45, 2.75) is 56.1 Å². The van der Waals surface area contributed by atoms with E-state index in [0.717, 1.165) is 0 Å². The van der Waals surface area contributed by atoms with E-state index in [1.54, 1.807) is 25.1 Å². The highest BCUT2D eigenvalue weighted by atomic mass is 16.8. The van der Waals surface area contributed by atoms with Gasteiger partial charge in [0.1, 0.15) is 41.9 Å². The van der Waals surface area contributed by atoms with Crippen LogP contribution in [0.3, 0.4) is 0 Å². The zero-order valence-corrected chi connectivity index (χ0v) is 16.5. The number of rotatable bonds is 6. The Bertz CT molecular complexity index is 975. The molecule has 0 amide bonds. The largest absolute Gasteiger partial charge is 0.462 e. The van der Waals surface area contributed by atoms with Crippen molar-refractivity contribution in [1.82, 2.24) is 0 Å². The van der Waals surface area contributed by atoms with Crippen molar-refractivity contribution < 1.29 is 48.9 Å². The first kappa shape index (κ1) is 22.1. The summed E-state index contributed by atoms with van der Waals surface area (Å²) in [6, 6.07) is 6.43. The first-order valence-electron chi connectivity index (χ1n) is 9.76. The second-order valence-electron chi connectivity index (χ2n) is 7.56. The third kappa shape index (κ3) is 4.19. The molecule has 3 heterocycles. The van der Waals surface area contributed by atoms with Crippen LogP contribution in [0.2, 0.25) is 0 Å². The predicted molar refractivity (Wildman–Crippen MR) is 102 cm³/mol. The number of ether oxygens (including phenoxy) is 4. The first-order chi connectivity index (χ1) is 14.8. The van der Waals surface area contributed by atoms with E-state index in [-0.39, 0.29) is 11.3 Å². The Morgan fingerprint density at radius 2 is 1.61 bits per heavy atom. The van der Waals surface area contributed by atoms with Crippen molar-refractivity contribution in [3.05, 3.63) is 40.2 Å². The molecule has 4 rings (SSSR count). The average Bonchev–Trinajstić information content (AvgIpc) is 3.20. The normalized spacial score (nSPS) is 35.7. The lowest BCUT2D eigenvalue weighted by molar-refractivity contribution is -0.231. The third-order valence-corrected chi connectivity index (χ3v) is 5.40. The highest BCUT2D eigenvalue weighted by molar-refractivity contribution is 5.78. The lowest BCUT2D eigenvalue weighted by atomic mass is 10.1. The summed E-state index contributed by atoms with van der Waals surface area (Å²) in [5, 5.41) is 49.8. The topological polar surface area (TPSA) is 168 Å². The van der Waals surface area contributed by atoms with Gasteiger partial charge in [-0.1, -0.05) is 0 Å². The number of hydrogen-bond donors (Lipinski definition) is 5. The van der Waals surface area contributed by atoms with Crippen LogP contribution in [0.25, 0.3) is 11.0 Å². The van der Waals surface area contributed by atoms with E-state index in [0.29, 0.717) is 10.9 Å². The van der Waals surface area contributed by atoms with Gasteiger partial charge in [0.05, 0.1) is 13.2 Å². The monoisotopic (exact) mass is 440 g/mol. The maximum absolute atomic E-state index is 11.8. The minimum Gasteiger partial charge on any atom is -0.462 e. The van der Waals surface area contributed by atoms with Gasteiger partial charge >= 0.3 is 5.63 Å². The highest BCUT2D eigenvalue weighted by Gasteiger charge is 2.51. The fourth-order valence-corrected chi connectivity index (χ4v) is 3.63. The van der Waals surface area contributed by atoms with Crippen LogP contribution >= 0.6 is 0 Å². The maximum Gasteiger partial charge on any atom is 0.339 e. The van der Waals surface area contributed by atoms with Crippen molar-refractivity contribution in [3.8, 4) is 5.75 Å². The van der Waals surface area contributed by atoms with Gasteiger partial charge in [0.2, 0.25) is 6.29 Å². The minimum absolute atomic E-state index is 0.241. The lowest BCUT2D eigenvalue weighted by Gasteiger charge is -2.26. The lowest BCUT2D eigenvalue weighted by Crippen LogP contribution is -2.44. The molecule has 11 nitrogen and oxygen atoms in total. The van der Waals surface area contributed by atoms with Gasteiger partial charge in [0.25, 0.3) is 0 Å². The van der Waals surface area contributed by atoms with E-state index in [1.165, 1.54) is 6.07 Å². The second-order valence-corrected chi connectivity index (χ2v) is 7.56. The Morgan fingerprint density at radius 1 is 0.935 bits per heavy atom. The van der Waals surface area contributed by atoms with E-state index >= 15 is 0 Å². The zero-order chi connectivity index (χ0) is 22.3. The van der Waals surface area contributed by atoms with Crippen LogP contribution in [0.5, 0.6) is 5.75 Å². The number of aryl methyl sites for hydroxylation is 1. The molecule has 2 fully saturated rings. The van der Waals surface area contributed by atoms with Gasteiger partial charge < -0.3 is 48.9 Å². The van der Waals surface area contributed by atoms with Crippen molar-refractivity contribution in [2.75, 3.05) is 13.2 Å². The molecular weight excluding hydrogens is 416 g/mol. The SMILES string of the molecule is Cc1cc2ccc(O[C@@H]3O[C@H](CO)[C@H](O)[C@H]3O[C@@H]3O[C@H](CO)[C@H](O)[C@H]3O)cc2oc1=O. The number of aliphatic hydroxyl groups excluding tert-OH is 5. The van der Waals surface area contributed by atoms with E-state index in [2.05, 4.69) is 0 Å². The molecule has 170 valence electrons. The van der Waals surface area contributed by atoms with Crippen molar-refractivity contribution in [2.24, 2.45) is 0 Å². The fraction of sp³-hybridized carbons (Fsp3) is 0.550. The Kier molecular flexibility index (Phi) is 6.28. The third-order valence-electron chi connectivity index (χ3n) is 5.40. The van der Waals surface area contributed by atoms with Crippen LogP contribution in [0, 0.1) is 6.92 Å². The Hall–Kier alpha value is -2.09. The molecule has 8 atom stereocenters. The molecule has 31 heavy (non-hydrogen) atoms. The molecule has 11 heteroatoms. The molecule has 0 bridgehead atoms. The van der Waals surface area contributed by atoms with Gasteiger partial charge in [-0.2, -0.15) is 0 Å². The first-order valence-corrected chi connectivity index (χ1v) is 9.76. The average molecular weight is 440 g/mol. The van der Waals surface area contributed by atoms with Crippen molar-refractivity contribution >= 4 is 11.0 Å². The van der Waals surface area contributed by atoms with E-state index in [9.17, 15) is 30.3 Å². The Labute approximate surface area is 176 Å². The van der Waals surface area contributed by atoms with Crippen LogP contribution in [0.4, 0.5) is 0 Å². The van der Waals surface area contributed by atoms with Crippen LogP contribution in [-0.4, -0.2) is 88.0 Å². The molecule has 2 aromatic rings. The minimum atomic E-state index is -1.48. The molecule has 5 N–H and O–H groups in total. The predicted octanol–water partition coefficient (Wildman–Crippen LogP) is -1.62. The second kappa shape index (κ2) is 8.81. The molecule has 0 unspecified atom stereocenters. The number of benzene rings is 1. The molecule has 0 radical (unpaired) electrons. The van der Waals surface area contributed by atoms with Gasteiger partial charge in [-0.3, -0.25) is 0 Å². The number of aliphatic hydroxyl groups is 5. The van der Waals surface area contributed by atoms with Crippen molar-refractivity contribution in [3.63, 3.8) is 0 Å². The summed E-state index contributed by atoms with van der Waals surface area (Å²) in [6.07, 6.45) is -10.1. The summed E-state index contributed by atoms with van der Waals surface area (Å²) in [5.74, 6) is 0.241. The molecule has 2 saturated heterocycles. The van der Waals surface area contributed by atoms with E-state index < -0.39 is 68.0 Å². The van der Waals surface area contributed by atoms with Gasteiger partial charge in [0, 0.05) is 17.0 Å². The van der Waals surface area contributed by atoms with Crippen molar-refractivity contribution in [1.29, 1.82) is 0 Å². The summed E-state index contributed by atoms with van der Waals surface area (Å²) in [6.45, 7) is 0.573. The molecule has 1 aromatic heterocycles. The molecular formula is C20H24O11. The van der Waals surface area contributed by atoms with Gasteiger partial charge in [-0.15, -0.1) is 0 Å². The van der Waals surface area contributed by atoms with Crippen LogP contribution in [0.15, 0.2) is 33.5 Å². The molecule has 2 aliphatic heterocycles. The quantitative estimate of drug-likeness (QED) is 0.327. The Morgan fingerprint density at radius 3 is 2.29 bits per heavy atom. The summed E-state index contributed by atoms with van der Waals surface area (Å²) in [5.41, 5.74) is 0.260. The molecule has 0 spiro atoms. The van der Waals surface area contributed by atoms with E-state index in [4.69, 9.17) is 23.4 Å². The molecule has 2 aliphatic rings. The summed E-state index contributed by atoms with van der Waals surface area (Å²) >= 11 is 0. The van der Waals surface area contributed by atoms with Gasteiger partial charge in [0.15, 0.2) is 12.4 Å².